The number of rotatable bonds is 3. The van der Waals surface area contributed by atoms with Gasteiger partial charge < -0.3 is 5.11 Å². The van der Waals surface area contributed by atoms with Crippen molar-refractivity contribution in [3.63, 3.8) is 0 Å². The lowest BCUT2D eigenvalue weighted by Gasteiger charge is -2.56. The molecular formula is C26H42N4O3. The SMILES string of the molecule is CC(C)(C)n1nnn(CC(=O)[C@H]2CC[C@H]3C4CC[C@@H]5C[C@](C)(O)CC[C@@H]5[C@H]4CC[C@]23C)c1=O. The molecule has 1 N–H and O–H groups in total. The van der Waals surface area contributed by atoms with Crippen LogP contribution in [0.3, 0.4) is 0 Å². The highest BCUT2D eigenvalue weighted by Gasteiger charge is 2.58. The molecule has 1 aromatic rings. The first-order chi connectivity index (χ1) is 15.4. The zero-order chi connectivity index (χ0) is 23.8. The number of tetrazole rings is 1. The van der Waals surface area contributed by atoms with Gasteiger partial charge in [-0.25, -0.2) is 4.79 Å². The number of hydrogen-bond acceptors (Lipinski definition) is 5. The lowest BCUT2D eigenvalue weighted by Crippen LogP contribution is -2.51. The number of aromatic nitrogens is 4. The minimum absolute atomic E-state index is 0.0138. The van der Waals surface area contributed by atoms with E-state index in [9.17, 15) is 14.7 Å². The summed E-state index contributed by atoms with van der Waals surface area (Å²) in [7, 11) is 0. The third-order valence-corrected chi connectivity index (χ3v) is 10.2. The lowest BCUT2D eigenvalue weighted by atomic mass is 9.49. The Hall–Kier alpha value is -1.50. The Morgan fingerprint density at radius 1 is 1.00 bits per heavy atom. The molecule has 4 fully saturated rings. The number of nitrogens with zero attached hydrogens (tertiary/aromatic N) is 4. The molecule has 0 spiro atoms. The number of aliphatic hydroxyl groups is 1. The van der Waals surface area contributed by atoms with Gasteiger partial charge in [0.1, 0.15) is 6.54 Å². The summed E-state index contributed by atoms with van der Waals surface area (Å²) >= 11 is 0. The van der Waals surface area contributed by atoms with E-state index in [1.54, 1.807) is 0 Å². The van der Waals surface area contributed by atoms with Crippen LogP contribution >= 0.6 is 0 Å². The predicted octanol–water partition coefficient (Wildman–Crippen LogP) is 3.78. The van der Waals surface area contributed by atoms with Crippen LogP contribution in [0.5, 0.6) is 0 Å². The number of fused-ring (bicyclic) bond motifs is 5. The fraction of sp³-hybridized carbons (Fsp3) is 0.923. The van der Waals surface area contributed by atoms with Crippen molar-refractivity contribution in [3.05, 3.63) is 10.5 Å². The second kappa shape index (κ2) is 7.76. The fourth-order valence-corrected chi connectivity index (χ4v) is 8.66. The van der Waals surface area contributed by atoms with Gasteiger partial charge in [0.15, 0.2) is 5.78 Å². The summed E-state index contributed by atoms with van der Waals surface area (Å²) in [5, 5.41) is 18.6. The summed E-state index contributed by atoms with van der Waals surface area (Å²) in [4.78, 5) is 26.2. The van der Waals surface area contributed by atoms with Crippen LogP contribution in [-0.4, -0.2) is 36.3 Å². The van der Waals surface area contributed by atoms with E-state index in [0.717, 1.165) is 56.3 Å². The molecule has 0 aromatic carbocycles. The standard InChI is InChI=1S/C26H42N4O3/c1-24(2,3)30-23(32)29(27-28-30)15-22(31)21-9-8-20-19-7-6-16-14-25(4,33)12-10-17(16)18(19)11-13-26(20,21)5/h16-21,33H,6-15H2,1-5H3/t16-,17+,18-,19?,20+,21-,25-,26+/m1/s1. The van der Waals surface area contributed by atoms with Crippen molar-refractivity contribution >= 4 is 5.78 Å². The summed E-state index contributed by atoms with van der Waals surface area (Å²) in [6.07, 6.45) is 9.94. The highest BCUT2D eigenvalue weighted by molar-refractivity contribution is 5.82. The van der Waals surface area contributed by atoms with Crippen LogP contribution < -0.4 is 5.69 Å². The van der Waals surface area contributed by atoms with Gasteiger partial charge in [0.05, 0.1) is 11.1 Å². The molecule has 0 bridgehead atoms. The Bertz CT molecular complexity index is 973. The summed E-state index contributed by atoms with van der Waals surface area (Å²) in [6.45, 7) is 10.2. The Kier molecular flexibility index (Phi) is 5.46. The summed E-state index contributed by atoms with van der Waals surface area (Å²) < 4.78 is 2.62. The fourth-order valence-electron chi connectivity index (χ4n) is 8.66. The van der Waals surface area contributed by atoms with Gasteiger partial charge in [0.2, 0.25) is 0 Å². The molecule has 184 valence electrons. The first-order valence-corrected chi connectivity index (χ1v) is 13.2. The Labute approximate surface area is 197 Å². The van der Waals surface area contributed by atoms with E-state index in [1.807, 2.05) is 27.7 Å². The molecule has 8 atom stereocenters. The maximum absolute atomic E-state index is 13.5. The molecule has 4 saturated carbocycles. The largest absolute Gasteiger partial charge is 0.390 e. The van der Waals surface area contributed by atoms with E-state index >= 15 is 0 Å². The molecule has 4 aliphatic rings. The molecule has 0 amide bonds. The van der Waals surface area contributed by atoms with Crippen LogP contribution in [0.25, 0.3) is 0 Å². The average molecular weight is 459 g/mol. The second-order valence-corrected chi connectivity index (χ2v) is 13.3. The molecule has 0 radical (unpaired) electrons. The third kappa shape index (κ3) is 3.82. The quantitative estimate of drug-likeness (QED) is 0.744. The van der Waals surface area contributed by atoms with Gasteiger partial charge in [-0.1, -0.05) is 6.92 Å². The van der Waals surface area contributed by atoms with Gasteiger partial charge in [-0.05, 0) is 131 Å². The van der Waals surface area contributed by atoms with Crippen molar-refractivity contribution in [1.29, 1.82) is 0 Å². The monoisotopic (exact) mass is 458 g/mol. The van der Waals surface area contributed by atoms with Gasteiger partial charge >= 0.3 is 5.69 Å². The number of hydrogen-bond donors (Lipinski definition) is 1. The summed E-state index contributed by atoms with van der Waals surface area (Å²) in [5.74, 6) is 3.70. The van der Waals surface area contributed by atoms with Crippen LogP contribution in [0.1, 0.15) is 92.4 Å². The second-order valence-electron chi connectivity index (χ2n) is 13.3. The zero-order valence-electron chi connectivity index (χ0n) is 21.1. The number of Topliss-reactive ketones (excluding diaryl/α,β-unsaturated/α-hetero) is 1. The minimum atomic E-state index is -0.477. The maximum atomic E-state index is 13.5. The van der Waals surface area contributed by atoms with Crippen LogP contribution in [-0.2, 0) is 16.9 Å². The van der Waals surface area contributed by atoms with Crippen molar-refractivity contribution < 1.29 is 9.90 Å². The predicted molar refractivity (Wildman–Crippen MR) is 126 cm³/mol. The first-order valence-electron chi connectivity index (χ1n) is 13.2. The summed E-state index contributed by atoms with van der Waals surface area (Å²) in [6, 6.07) is 0. The van der Waals surface area contributed by atoms with E-state index < -0.39 is 11.1 Å². The Morgan fingerprint density at radius 3 is 2.42 bits per heavy atom. The van der Waals surface area contributed by atoms with Crippen molar-refractivity contribution in [2.24, 2.45) is 40.9 Å². The zero-order valence-corrected chi connectivity index (χ0v) is 21.1. The summed E-state index contributed by atoms with van der Waals surface area (Å²) in [5.41, 5.74) is -1.19. The van der Waals surface area contributed by atoms with Gasteiger partial charge in [-0.15, -0.1) is 0 Å². The molecule has 7 nitrogen and oxygen atoms in total. The van der Waals surface area contributed by atoms with Gasteiger partial charge in [-0.2, -0.15) is 9.36 Å². The van der Waals surface area contributed by atoms with Crippen LogP contribution in [0, 0.1) is 40.9 Å². The minimum Gasteiger partial charge on any atom is -0.390 e. The molecule has 5 rings (SSSR count). The smallest absolute Gasteiger partial charge is 0.364 e. The van der Waals surface area contributed by atoms with E-state index in [1.165, 1.54) is 28.6 Å². The molecule has 1 unspecified atom stereocenters. The molecule has 7 heteroatoms. The van der Waals surface area contributed by atoms with Gasteiger partial charge in [0.25, 0.3) is 0 Å². The highest BCUT2D eigenvalue weighted by atomic mass is 16.3. The van der Waals surface area contributed by atoms with Crippen molar-refractivity contribution in [3.8, 4) is 0 Å². The molecule has 1 heterocycles. The molecule has 33 heavy (non-hydrogen) atoms. The van der Waals surface area contributed by atoms with Gasteiger partial charge in [0, 0.05) is 5.92 Å². The van der Waals surface area contributed by atoms with Crippen LogP contribution in [0.4, 0.5) is 0 Å². The van der Waals surface area contributed by atoms with Crippen molar-refractivity contribution in [2.75, 3.05) is 0 Å². The van der Waals surface area contributed by atoms with Crippen LogP contribution in [0.2, 0.25) is 0 Å². The average Bonchev–Trinajstić information content (AvgIpc) is 3.26. The van der Waals surface area contributed by atoms with Crippen LogP contribution in [0.15, 0.2) is 4.79 Å². The lowest BCUT2D eigenvalue weighted by molar-refractivity contribution is -0.133. The van der Waals surface area contributed by atoms with E-state index in [2.05, 4.69) is 17.4 Å². The Morgan fingerprint density at radius 2 is 1.73 bits per heavy atom. The maximum Gasteiger partial charge on any atom is 0.364 e. The molecule has 0 saturated heterocycles. The van der Waals surface area contributed by atoms with E-state index in [4.69, 9.17) is 0 Å². The number of carbonyl (C=O) groups excluding carboxylic acids is 1. The third-order valence-electron chi connectivity index (χ3n) is 10.2. The molecule has 1 aromatic heterocycles. The molecule has 4 aliphatic carbocycles. The highest BCUT2D eigenvalue weighted by Crippen LogP contribution is 2.64. The van der Waals surface area contributed by atoms with Crippen molar-refractivity contribution in [1.82, 2.24) is 19.8 Å². The number of carbonyl (C=O) groups is 1. The molecular weight excluding hydrogens is 416 g/mol. The van der Waals surface area contributed by atoms with Gasteiger partial charge in [-0.3, -0.25) is 4.79 Å². The molecule has 0 aliphatic heterocycles. The van der Waals surface area contributed by atoms with E-state index in [-0.39, 0.29) is 29.4 Å². The topological polar surface area (TPSA) is 90.0 Å². The normalized spacial score (nSPS) is 43.0. The Balaban J connectivity index is 1.31. The number of ketones is 1. The van der Waals surface area contributed by atoms with E-state index in [0.29, 0.717) is 11.8 Å². The first kappa shape index (κ1) is 23.3. The van der Waals surface area contributed by atoms with Crippen molar-refractivity contribution in [2.45, 2.75) is 110 Å².